The van der Waals surface area contributed by atoms with E-state index in [4.69, 9.17) is 0 Å². The Morgan fingerprint density at radius 3 is 2.11 bits per heavy atom. The van der Waals surface area contributed by atoms with Gasteiger partial charge in [-0.2, -0.15) is 0 Å². The third-order valence-corrected chi connectivity index (χ3v) is 6.62. The lowest BCUT2D eigenvalue weighted by molar-refractivity contribution is -0.0700. The topological polar surface area (TPSA) is 29.1 Å². The summed E-state index contributed by atoms with van der Waals surface area (Å²) in [7, 11) is -0.656. The van der Waals surface area contributed by atoms with Crippen molar-refractivity contribution in [2.75, 3.05) is 18.6 Å². The Kier molecular flexibility index (Phi) is 3.57. The summed E-state index contributed by atoms with van der Waals surface area (Å²) in [5.74, 6) is 3.89. The van der Waals surface area contributed by atoms with Crippen molar-refractivity contribution in [2.24, 2.45) is 23.2 Å². The molecule has 4 aliphatic rings. The predicted molar refractivity (Wildman–Crippen MR) is 77.0 cm³/mol. The van der Waals surface area contributed by atoms with E-state index in [1.54, 1.807) is 6.26 Å². The van der Waals surface area contributed by atoms with E-state index in [0.717, 1.165) is 30.1 Å². The number of hydrogen-bond acceptors (Lipinski definition) is 2. The van der Waals surface area contributed by atoms with Crippen molar-refractivity contribution in [3.8, 4) is 0 Å². The molecule has 4 fully saturated rings. The van der Waals surface area contributed by atoms with Crippen molar-refractivity contribution < 1.29 is 4.21 Å². The molecule has 2 unspecified atom stereocenters. The van der Waals surface area contributed by atoms with Crippen molar-refractivity contribution in [2.45, 2.75) is 51.5 Å². The quantitative estimate of drug-likeness (QED) is 0.831. The fourth-order valence-electron chi connectivity index (χ4n) is 5.34. The van der Waals surface area contributed by atoms with Crippen LogP contribution in [0.2, 0.25) is 0 Å². The highest BCUT2D eigenvalue weighted by Gasteiger charge is 2.52. The maximum atomic E-state index is 11.1. The van der Waals surface area contributed by atoms with Gasteiger partial charge < -0.3 is 5.32 Å². The van der Waals surface area contributed by atoms with Crippen LogP contribution < -0.4 is 5.32 Å². The summed E-state index contributed by atoms with van der Waals surface area (Å²) in [6.45, 7) is 3.30. The number of hydrogen-bond donors (Lipinski definition) is 1. The van der Waals surface area contributed by atoms with Crippen molar-refractivity contribution >= 4 is 10.8 Å². The molecule has 2 atom stereocenters. The molecule has 0 spiro atoms. The van der Waals surface area contributed by atoms with Gasteiger partial charge in [0.05, 0.1) is 0 Å². The second-order valence-corrected chi connectivity index (χ2v) is 8.79. The third-order valence-electron chi connectivity index (χ3n) is 5.84. The smallest absolute Gasteiger partial charge is 0.0357 e. The predicted octanol–water partition coefficient (Wildman–Crippen LogP) is 2.56. The van der Waals surface area contributed by atoms with Crippen molar-refractivity contribution in [3.05, 3.63) is 0 Å². The summed E-state index contributed by atoms with van der Waals surface area (Å²) in [5.41, 5.74) is 0.587. The molecular weight excluding hydrogens is 242 g/mol. The van der Waals surface area contributed by atoms with E-state index in [1.165, 1.54) is 38.5 Å². The maximum Gasteiger partial charge on any atom is 0.0357 e. The fourth-order valence-corrected chi connectivity index (χ4v) is 5.75. The minimum atomic E-state index is -0.656. The van der Waals surface area contributed by atoms with Crippen LogP contribution in [0.3, 0.4) is 0 Å². The van der Waals surface area contributed by atoms with E-state index in [2.05, 4.69) is 12.2 Å². The zero-order valence-corrected chi connectivity index (χ0v) is 12.6. The zero-order valence-electron chi connectivity index (χ0n) is 11.8. The molecule has 2 nitrogen and oxygen atoms in total. The van der Waals surface area contributed by atoms with E-state index in [-0.39, 0.29) is 0 Å². The Labute approximate surface area is 114 Å². The molecule has 4 rings (SSSR count). The standard InChI is InChI=1S/C15H27NOS/c1-11(16-3-4-18(2)17)15-8-12-5-13(9-15)7-14(6-12)10-15/h11-14,16H,3-10H2,1-2H3. The first-order valence-corrected chi connectivity index (χ1v) is 9.33. The van der Waals surface area contributed by atoms with Crippen LogP contribution in [0.1, 0.15) is 45.4 Å². The second kappa shape index (κ2) is 4.90. The Bertz CT molecular complexity index is 306. The fraction of sp³-hybridized carbons (Fsp3) is 1.00. The summed E-state index contributed by atoms with van der Waals surface area (Å²) >= 11 is 0. The normalized spacial score (nSPS) is 45.1. The van der Waals surface area contributed by atoms with E-state index in [1.807, 2.05) is 0 Å². The van der Waals surface area contributed by atoms with Gasteiger partial charge in [0, 0.05) is 35.4 Å². The van der Waals surface area contributed by atoms with Crippen LogP contribution in [-0.4, -0.2) is 28.8 Å². The van der Waals surface area contributed by atoms with Crippen molar-refractivity contribution in [1.29, 1.82) is 0 Å². The molecule has 4 bridgehead atoms. The largest absolute Gasteiger partial charge is 0.313 e. The zero-order chi connectivity index (χ0) is 12.8. The monoisotopic (exact) mass is 269 g/mol. The third kappa shape index (κ3) is 2.40. The molecule has 0 aromatic carbocycles. The van der Waals surface area contributed by atoms with Crippen LogP contribution in [0.25, 0.3) is 0 Å². The lowest BCUT2D eigenvalue weighted by Gasteiger charge is -2.59. The van der Waals surface area contributed by atoms with Gasteiger partial charge in [0.2, 0.25) is 0 Å². The second-order valence-electron chi connectivity index (χ2n) is 7.23. The summed E-state index contributed by atoms with van der Waals surface area (Å²) in [6, 6.07) is 0.620. The van der Waals surface area contributed by atoms with Gasteiger partial charge in [-0.25, -0.2) is 0 Å². The van der Waals surface area contributed by atoms with Crippen LogP contribution in [0.4, 0.5) is 0 Å². The Balaban J connectivity index is 1.62. The molecule has 0 amide bonds. The first kappa shape index (κ1) is 13.1. The molecule has 4 aliphatic carbocycles. The minimum absolute atomic E-state index is 0.587. The van der Waals surface area contributed by atoms with Gasteiger partial charge in [0.1, 0.15) is 0 Å². The van der Waals surface area contributed by atoms with Gasteiger partial charge in [0.15, 0.2) is 0 Å². The SMILES string of the molecule is CC(NCCS(C)=O)C12CC3CC(CC(C3)C1)C2. The molecule has 104 valence electrons. The Morgan fingerprint density at radius 1 is 1.17 bits per heavy atom. The molecule has 1 N–H and O–H groups in total. The average molecular weight is 269 g/mol. The van der Waals surface area contributed by atoms with E-state index < -0.39 is 10.8 Å². The van der Waals surface area contributed by atoms with Gasteiger partial charge in [-0.05, 0) is 68.6 Å². The van der Waals surface area contributed by atoms with Crippen LogP contribution >= 0.6 is 0 Å². The molecule has 4 saturated carbocycles. The molecule has 3 heteroatoms. The molecule has 18 heavy (non-hydrogen) atoms. The van der Waals surface area contributed by atoms with Gasteiger partial charge in [0.25, 0.3) is 0 Å². The minimum Gasteiger partial charge on any atom is -0.313 e. The number of rotatable bonds is 5. The van der Waals surface area contributed by atoms with Crippen molar-refractivity contribution in [1.82, 2.24) is 5.32 Å². The molecule has 0 aromatic rings. The van der Waals surface area contributed by atoms with Gasteiger partial charge in [-0.3, -0.25) is 4.21 Å². The lowest BCUT2D eigenvalue weighted by atomic mass is 9.48. The lowest BCUT2D eigenvalue weighted by Crippen LogP contribution is -2.55. The van der Waals surface area contributed by atoms with Gasteiger partial charge >= 0.3 is 0 Å². The van der Waals surface area contributed by atoms with E-state index in [9.17, 15) is 4.21 Å². The van der Waals surface area contributed by atoms with Crippen molar-refractivity contribution in [3.63, 3.8) is 0 Å². The molecule has 0 heterocycles. The number of nitrogens with one attached hydrogen (secondary N) is 1. The molecular formula is C15H27NOS. The van der Waals surface area contributed by atoms with Crippen LogP contribution in [0, 0.1) is 23.2 Å². The summed E-state index contributed by atoms with van der Waals surface area (Å²) in [4.78, 5) is 0. The molecule has 0 aromatic heterocycles. The first-order chi connectivity index (χ1) is 8.57. The summed E-state index contributed by atoms with van der Waals surface area (Å²) in [5, 5.41) is 3.68. The van der Waals surface area contributed by atoms with Gasteiger partial charge in [-0.15, -0.1) is 0 Å². The van der Waals surface area contributed by atoms with Crippen LogP contribution in [0.5, 0.6) is 0 Å². The highest BCUT2D eigenvalue weighted by molar-refractivity contribution is 7.84. The molecule has 0 aliphatic heterocycles. The summed E-state index contributed by atoms with van der Waals surface area (Å²) < 4.78 is 11.1. The van der Waals surface area contributed by atoms with Crippen LogP contribution in [-0.2, 0) is 10.8 Å². The van der Waals surface area contributed by atoms with Gasteiger partial charge in [-0.1, -0.05) is 0 Å². The molecule has 0 saturated heterocycles. The summed E-state index contributed by atoms with van der Waals surface area (Å²) in [6.07, 6.45) is 10.7. The maximum absolute atomic E-state index is 11.1. The Morgan fingerprint density at radius 2 is 1.67 bits per heavy atom. The first-order valence-electron chi connectivity index (χ1n) is 7.61. The average Bonchev–Trinajstić information content (AvgIpc) is 2.26. The van der Waals surface area contributed by atoms with Crippen LogP contribution in [0.15, 0.2) is 0 Å². The highest BCUT2D eigenvalue weighted by atomic mass is 32.2. The Hall–Kier alpha value is 0.110. The molecule has 0 radical (unpaired) electrons. The van der Waals surface area contributed by atoms with E-state index >= 15 is 0 Å². The highest BCUT2D eigenvalue weighted by Crippen LogP contribution is 2.61. The van der Waals surface area contributed by atoms with E-state index in [0.29, 0.717) is 11.5 Å².